The molecule has 0 radical (unpaired) electrons. The quantitative estimate of drug-likeness (QED) is 0.193. The molecule has 2 fully saturated rings. The van der Waals surface area contributed by atoms with Crippen molar-refractivity contribution in [3.63, 3.8) is 0 Å². The van der Waals surface area contributed by atoms with E-state index in [1.54, 1.807) is 0 Å². The number of ether oxygens (including phenoxy) is 10. The van der Waals surface area contributed by atoms with Crippen LogP contribution >= 0.6 is 0 Å². The molecule has 0 spiro atoms. The number of rotatable bonds is 4. The molecule has 0 aliphatic carbocycles. The zero-order valence-corrected chi connectivity index (χ0v) is 26.1. The maximum Gasteiger partial charge on any atom is 0.338 e. The van der Waals surface area contributed by atoms with Crippen molar-refractivity contribution in [1.82, 2.24) is 0 Å². The van der Waals surface area contributed by atoms with Crippen LogP contribution in [0.25, 0.3) is 0 Å². The Morgan fingerprint density at radius 1 is 0.521 bits per heavy atom. The topological polar surface area (TPSA) is 248 Å². The lowest BCUT2D eigenvalue weighted by atomic mass is 9.99. The molecule has 18 heteroatoms. The molecular formula is C30H36O18. The van der Waals surface area contributed by atoms with Gasteiger partial charge in [0.25, 0.3) is 0 Å². The Hall–Kier alpha value is -4.14. The van der Waals surface area contributed by atoms with Gasteiger partial charge in [-0.3, -0.25) is 0 Å². The van der Waals surface area contributed by atoms with E-state index in [-0.39, 0.29) is 45.6 Å². The van der Waals surface area contributed by atoms with E-state index in [4.69, 9.17) is 47.4 Å². The molecule has 18 nitrogen and oxygen atoms in total. The monoisotopic (exact) mass is 684 g/mol. The van der Waals surface area contributed by atoms with E-state index in [1.807, 2.05) is 0 Å². The molecule has 0 aromatic heterocycles. The molecule has 8 bridgehead atoms. The molecule has 6 heterocycles. The second-order valence-corrected chi connectivity index (χ2v) is 10.9. The largest absolute Gasteiger partial charge is 0.493 e. The van der Waals surface area contributed by atoms with E-state index in [9.17, 15) is 40.2 Å². The van der Waals surface area contributed by atoms with Gasteiger partial charge in [-0.25, -0.2) is 9.59 Å². The molecule has 264 valence electrons. The number of hydrogen-bond donors (Lipinski definition) is 6. The Morgan fingerprint density at radius 3 is 1.12 bits per heavy atom. The maximum absolute atomic E-state index is 13.1. The minimum Gasteiger partial charge on any atom is -0.493 e. The van der Waals surface area contributed by atoms with Gasteiger partial charge >= 0.3 is 11.9 Å². The number of benzene rings is 2. The van der Waals surface area contributed by atoms with Gasteiger partial charge in [-0.05, 0) is 24.3 Å². The first-order chi connectivity index (χ1) is 22.9. The molecule has 2 aromatic carbocycles. The first-order valence-corrected chi connectivity index (χ1v) is 14.5. The number of hydrogen-bond acceptors (Lipinski definition) is 18. The zero-order chi connectivity index (χ0) is 34.9. The van der Waals surface area contributed by atoms with E-state index in [0.29, 0.717) is 0 Å². The highest BCUT2D eigenvalue weighted by Gasteiger charge is 2.48. The fraction of sp³-hybridized carbons (Fsp3) is 0.533. The van der Waals surface area contributed by atoms with Crippen LogP contribution in [0.15, 0.2) is 24.3 Å². The highest BCUT2D eigenvalue weighted by Crippen LogP contribution is 2.42. The molecule has 0 saturated carbocycles. The first-order valence-electron chi connectivity index (χ1n) is 14.5. The minimum atomic E-state index is -1.81. The van der Waals surface area contributed by atoms with Crippen LogP contribution in [0.4, 0.5) is 0 Å². The van der Waals surface area contributed by atoms with Crippen LogP contribution in [0.1, 0.15) is 20.7 Å². The predicted octanol–water partition coefficient (Wildman–Crippen LogP) is -1.88. The van der Waals surface area contributed by atoms with Crippen molar-refractivity contribution in [2.75, 3.05) is 41.7 Å². The average Bonchev–Trinajstić information content (AvgIpc) is 3.09. The summed E-state index contributed by atoms with van der Waals surface area (Å²) in [6, 6.07) is 4.82. The third kappa shape index (κ3) is 6.74. The molecule has 48 heavy (non-hydrogen) atoms. The Kier molecular flexibility index (Phi) is 10.7. The minimum absolute atomic E-state index is 0.102. The van der Waals surface area contributed by atoms with Crippen LogP contribution in [0.3, 0.4) is 0 Å². The van der Waals surface area contributed by atoms with Crippen LogP contribution in [-0.4, -0.2) is 146 Å². The zero-order valence-electron chi connectivity index (χ0n) is 26.1. The van der Waals surface area contributed by atoms with Crippen LogP contribution in [-0.2, 0) is 18.9 Å². The van der Waals surface area contributed by atoms with Crippen LogP contribution in [0.5, 0.6) is 34.5 Å². The van der Waals surface area contributed by atoms with Crippen molar-refractivity contribution in [1.29, 1.82) is 0 Å². The van der Waals surface area contributed by atoms with Crippen molar-refractivity contribution < 1.29 is 87.6 Å². The molecule has 8 rings (SSSR count). The summed E-state index contributed by atoms with van der Waals surface area (Å²) in [7, 11) is 4.98. The van der Waals surface area contributed by atoms with Crippen LogP contribution < -0.4 is 28.4 Å². The lowest BCUT2D eigenvalue weighted by molar-refractivity contribution is -0.277. The van der Waals surface area contributed by atoms with Gasteiger partial charge in [-0.15, -0.1) is 0 Å². The SMILES string of the molecule is COc1cc2cc(OC)c1O[C@@H]1O[C@@H](COC(=O)c3cc(OC)c(c(OC)c3)O[C@@H]3O[C@H](COC2=O)[C@@H](O)[C@@H](O)[C@H]3O)[C@H](O)[C@H](O)[C@@H]1O. The summed E-state index contributed by atoms with van der Waals surface area (Å²) in [5.41, 5.74) is -0.256. The van der Waals surface area contributed by atoms with Crippen LogP contribution in [0.2, 0.25) is 0 Å². The molecule has 2 aromatic rings. The van der Waals surface area contributed by atoms with Gasteiger partial charge in [0.05, 0.1) is 39.6 Å². The Morgan fingerprint density at radius 2 is 0.833 bits per heavy atom. The van der Waals surface area contributed by atoms with E-state index in [1.165, 1.54) is 52.7 Å². The Bertz CT molecular complexity index is 1320. The molecular weight excluding hydrogens is 648 g/mol. The van der Waals surface area contributed by atoms with E-state index in [0.717, 1.165) is 0 Å². The lowest BCUT2D eigenvalue weighted by Gasteiger charge is -2.40. The van der Waals surface area contributed by atoms with Crippen molar-refractivity contribution in [3.05, 3.63) is 35.4 Å². The molecule has 6 aliphatic rings. The smallest absolute Gasteiger partial charge is 0.338 e. The number of aliphatic hydroxyl groups excluding tert-OH is 6. The summed E-state index contributed by atoms with van der Waals surface area (Å²) in [4.78, 5) is 26.3. The molecule has 6 N–H and O–H groups in total. The second-order valence-electron chi connectivity index (χ2n) is 10.9. The van der Waals surface area contributed by atoms with Gasteiger partial charge in [0, 0.05) is 0 Å². The van der Waals surface area contributed by atoms with E-state index >= 15 is 0 Å². The fourth-order valence-electron chi connectivity index (χ4n) is 5.25. The standard InChI is InChI=1S/C30H36O18/c1-39-13-5-11-6-14(40-2)25(13)47-29-23(35)21(33)19(31)17(45-29)10-44-28(38)12-7-15(41-3)26(16(8-12)42-4)48-30-24(36)22(34)20(32)18(46-30)9-43-27(11)37/h5-8,17-24,29-36H,9-10H2,1-4H3/t17-,18+,19-,20+,21-,22+,23-,24+,29-,30-/m0/s1. The van der Waals surface area contributed by atoms with Gasteiger partial charge in [-0.1, -0.05) is 0 Å². The lowest BCUT2D eigenvalue weighted by Crippen LogP contribution is -2.60. The van der Waals surface area contributed by atoms with Gasteiger partial charge in [0.2, 0.25) is 24.1 Å². The number of methoxy groups -OCH3 is 4. The average molecular weight is 685 g/mol. The normalized spacial score (nSPS) is 32.4. The van der Waals surface area contributed by atoms with E-state index < -0.39 is 86.6 Å². The third-order valence-corrected chi connectivity index (χ3v) is 7.96. The molecule has 0 amide bonds. The van der Waals surface area contributed by atoms with Crippen LogP contribution in [0, 0.1) is 0 Å². The maximum atomic E-state index is 13.1. The molecule has 6 aliphatic heterocycles. The summed E-state index contributed by atoms with van der Waals surface area (Å²) in [5, 5.41) is 63.8. The van der Waals surface area contributed by atoms with Crippen molar-refractivity contribution in [2.24, 2.45) is 0 Å². The summed E-state index contributed by atoms with van der Waals surface area (Å²) in [6.07, 6.45) is -16.8. The van der Waals surface area contributed by atoms with Crippen molar-refractivity contribution in [3.8, 4) is 34.5 Å². The van der Waals surface area contributed by atoms with Gasteiger partial charge in [-0.2, -0.15) is 0 Å². The summed E-state index contributed by atoms with van der Waals surface area (Å²) in [6.45, 7) is -1.26. The highest BCUT2D eigenvalue weighted by molar-refractivity contribution is 5.92. The Labute approximate surface area is 272 Å². The first kappa shape index (κ1) is 35.2. The Balaban J connectivity index is 1.56. The van der Waals surface area contributed by atoms with Gasteiger partial charge < -0.3 is 78.0 Å². The predicted molar refractivity (Wildman–Crippen MR) is 154 cm³/mol. The number of esters is 2. The third-order valence-electron chi connectivity index (χ3n) is 7.96. The fourth-order valence-corrected chi connectivity index (χ4v) is 5.25. The van der Waals surface area contributed by atoms with E-state index in [2.05, 4.69) is 0 Å². The second kappa shape index (κ2) is 14.5. The molecule has 2 saturated heterocycles. The number of carbonyl (C=O) groups excluding carboxylic acids is 2. The summed E-state index contributed by atoms with van der Waals surface area (Å²) in [5.74, 6) is -2.67. The molecule has 10 atom stereocenters. The summed E-state index contributed by atoms with van der Waals surface area (Å²) >= 11 is 0. The van der Waals surface area contributed by atoms with Gasteiger partial charge in [0.1, 0.15) is 62.0 Å². The number of aliphatic hydroxyl groups is 6. The highest BCUT2D eigenvalue weighted by atomic mass is 16.7. The number of carbonyl (C=O) groups is 2. The molecule has 0 unspecified atom stereocenters. The van der Waals surface area contributed by atoms with Gasteiger partial charge in [0.15, 0.2) is 23.0 Å². The van der Waals surface area contributed by atoms with Crippen molar-refractivity contribution >= 4 is 11.9 Å². The summed E-state index contributed by atoms with van der Waals surface area (Å²) < 4.78 is 55.2. The van der Waals surface area contributed by atoms with Crippen molar-refractivity contribution in [2.45, 2.75) is 61.4 Å².